The minimum absolute atomic E-state index is 0.167. The van der Waals surface area contributed by atoms with Crippen LogP contribution in [0.2, 0.25) is 0 Å². The third-order valence-corrected chi connectivity index (χ3v) is 5.55. The Morgan fingerprint density at radius 1 is 0.844 bits per heavy atom. The topological polar surface area (TPSA) is 49.9 Å². The highest BCUT2D eigenvalue weighted by molar-refractivity contribution is 5.94. The minimum atomic E-state index is -4.44. The highest BCUT2D eigenvalue weighted by Gasteiger charge is 2.31. The van der Waals surface area contributed by atoms with E-state index >= 15 is 0 Å². The number of hydrogen-bond donors (Lipinski definition) is 0. The summed E-state index contributed by atoms with van der Waals surface area (Å²) >= 11 is 0. The summed E-state index contributed by atoms with van der Waals surface area (Å²) in [6, 6.07) is 11.8. The van der Waals surface area contributed by atoms with Gasteiger partial charge in [-0.1, -0.05) is 26.0 Å². The molecule has 0 aliphatic carbocycles. The molecule has 0 saturated carbocycles. The molecule has 1 unspecified atom stereocenters. The molecule has 2 amide bonds. The Labute approximate surface area is 185 Å². The molecule has 1 fully saturated rings. The van der Waals surface area contributed by atoms with Crippen molar-refractivity contribution in [2.45, 2.75) is 39.0 Å². The summed E-state index contributed by atoms with van der Waals surface area (Å²) in [4.78, 5) is 28.5. The molecule has 1 aliphatic rings. The van der Waals surface area contributed by atoms with Crippen molar-refractivity contribution in [3.05, 3.63) is 65.2 Å². The predicted molar refractivity (Wildman–Crippen MR) is 115 cm³/mol. The average molecular weight is 448 g/mol. The van der Waals surface area contributed by atoms with Crippen LogP contribution in [0.5, 0.6) is 5.75 Å². The number of rotatable bonds is 5. The van der Waals surface area contributed by atoms with Crippen molar-refractivity contribution >= 4 is 11.8 Å². The quantitative estimate of drug-likeness (QED) is 0.673. The monoisotopic (exact) mass is 448 g/mol. The number of benzene rings is 2. The van der Waals surface area contributed by atoms with Gasteiger partial charge in [0.2, 0.25) is 0 Å². The van der Waals surface area contributed by atoms with Gasteiger partial charge in [-0.15, -0.1) is 0 Å². The Balaban J connectivity index is 1.53. The van der Waals surface area contributed by atoms with Gasteiger partial charge in [-0.2, -0.15) is 13.2 Å². The van der Waals surface area contributed by atoms with Crippen molar-refractivity contribution in [2.75, 3.05) is 26.2 Å². The van der Waals surface area contributed by atoms with Crippen molar-refractivity contribution in [1.82, 2.24) is 9.80 Å². The second kappa shape index (κ2) is 9.63. The lowest BCUT2D eigenvalue weighted by atomic mass is 10.0. The molecular formula is C24H27F3N2O3. The third-order valence-electron chi connectivity index (χ3n) is 5.55. The zero-order valence-corrected chi connectivity index (χ0v) is 18.4. The zero-order valence-electron chi connectivity index (χ0n) is 18.4. The Hall–Kier alpha value is -3.03. The van der Waals surface area contributed by atoms with E-state index < -0.39 is 17.8 Å². The van der Waals surface area contributed by atoms with E-state index in [1.54, 1.807) is 16.7 Å². The molecule has 1 atom stereocenters. The molecule has 0 spiro atoms. The molecule has 2 aromatic rings. The maximum absolute atomic E-state index is 12.7. The first-order chi connectivity index (χ1) is 15.1. The first-order valence-corrected chi connectivity index (χ1v) is 10.6. The number of alkyl halides is 3. The number of halogens is 3. The van der Waals surface area contributed by atoms with Crippen LogP contribution in [-0.2, 0) is 11.0 Å². The van der Waals surface area contributed by atoms with Crippen LogP contribution >= 0.6 is 0 Å². The maximum Gasteiger partial charge on any atom is 0.416 e. The summed E-state index contributed by atoms with van der Waals surface area (Å²) in [6.07, 6.45) is -5.11. The largest absolute Gasteiger partial charge is 0.481 e. The van der Waals surface area contributed by atoms with Crippen LogP contribution in [-0.4, -0.2) is 53.9 Å². The van der Waals surface area contributed by atoms with Crippen molar-refractivity contribution in [3.63, 3.8) is 0 Å². The fourth-order valence-electron chi connectivity index (χ4n) is 3.56. The van der Waals surface area contributed by atoms with Gasteiger partial charge in [-0.25, -0.2) is 0 Å². The van der Waals surface area contributed by atoms with E-state index in [2.05, 4.69) is 13.8 Å². The van der Waals surface area contributed by atoms with Crippen LogP contribution in [0, 0.1) is 0 Å². The molecule has 32 heavy (non-hydrogen) atoms. The fraction of sp³-hybridized carbons (Fsp3) is 0.417. The molecule has 2 aromatic carbocycles. The molecule has 1 heterocycles. The Kier molecular flexibility index (Phi) is 7.11. The van der Waals surface area contributed by atoms with E-state index in [0.717, 1.165) is 12.1 Å². The van der Waals surface area contributed by atoms with Gasteiger partial charge in [-0.05, 0) is 54.8 Å². The van der Waals surface area contributed by atoms with Crippen molar-refractivity contribution < 1.29 is 27.5 Å². The van der Waals surface area contributed by atoms with E-state index in [9.17, 15) is 22.8 Å². The second-order valence-corrected chi connectivity index (χ2v) is 8.18. The van der Waals surface area contributed by atoms with Crippen LogP contribution in [0.4, 0.5) is 13.2 Å². The number of piperazine rings is 1. The second-order valence-electron chi connectivity index (χ2n) is 8.18. The lowest BCUT2D eigenvalue weighted by molar-refractivity contribution is -0.139. The van der Waals surface area contributed by atoms with Gasteiger partial charge in [0, 0.05) is 31.7 Å². The van der Waals surface area contributed by atoms with E-state index in [1.165, 1.54) is 17.7 Å². The van der Waals surface area contributed by atoms with Gasteiger partial charge in [0.15, 0.2) is 6.10 Å². The van der Waals surface area contributed by atoms with Gasteiger partial charge in [0.25, 0.3) is 11.8 Å². The summed E-state index contributed by atoms with van der Waals surface area (Å²) in [7, 11) is 0. The highest BCUT2D eigenvalue weighted by atomic mass is 19.4. The summed E-state index contributed by atoms with van der Waals surface area (Å²) in [6.45, 7) is 7.19. The summed E-state index contributed by atoms with van der Waals surface area (Å²) in [5.74, 6) is 0.510. The Morgan fingerprint density at radius 2 is 1.38 bits per heavy atom. The number of ether oxygens (including phenoxy) is 1. The predicted octanol–water partition coefficient (Wildman–Crippen LogP) is 4.58. The van der Waals surface area contributed by atoms with Crippen molar-refractivity contribution in [2.24, 2.45) is 0 Å². The maximum atomic E-state index is 12.7. The van der Waals surface area contributed by atoms with E-state index in [0.29, 0.717) is 37.8 Å². The number of nitrogens with zero attached hydrogens (tertiary/aromatic N) is 2. The van der Waals surface area contributed by atoms with Gasteiger partial charge in [0.1, 0.15) is 5.75 Å². The number of carbonyl (C=O) groups is 2. The van der Waals surface area contributed by atoms with Gasteiger partial charge >= 0.3 is 6.18 Å². The molecule has 8 heteroatoms. The van der Waals surface area contributed by atoms with E-state index in [1.807, 2.05) is 24.3 Å². The lowest BCUT2D eigenvalue weighted by Crippen LogP contribution is -2.53. The molecule has 1 saturated heterocycles. The molecule has 5 nitrogen and oxygen atoms in total. The normalized spacial score (nSPS) is 15.6. The lowest BCUT2D eigenvalue weighted by Gasteiger charge is -2.36. The summed E-state index contributed by atoms with van der Waals surface area (Å²) in [5.41, 5.74) is 0.585. The Bertz CT molecular complexity index is 932. The van der Waals surface area contributed by atoms with Crippen LogP contribution in [0.25, 0.3) is 0 Å². The molecular weight excluding hydrogens is 421 g/mol. The van der Waals surface area contributed by atoms with Gasteiger partial charge < -0.3 is 14.5 Å². The average Bonchev–Trinajstić information content (AvgIpc) is 2.78. The van der Waals surface area contributed by atoms with E-state index in [-0.39, 0.29) is 17.4 Å². The fourth-order valence-corrected chi connectivity index (χ4v) is 3.56. The summed E-state index contributed by atoms with van der Waals surface area (Å²) < 4.78 is 43.9. The van der Waals surface area contributed by atoms with Gasteiger partial charge in [0.05, 0.1) is 5.56 Å². The van der Waals surface area contributed by atoms with Crippen molar-refractivity contribution in [3.8, 4) is 5.75 Å². The number of carbonyl (C=O) groups excluding carboxylic acids is 2. The van der Waals surface area contributed by atoms with Crippen LogP contribution < -0.4 is 4.74 Å². The first kappa shape index (κ1) is 23.6. The van der Waals surface area contributed by atoms with Crippen LogP contribution in [0.15, 0.2) is 48.5 Å². The molecule has 3 rings (SSSR count). The summed E-state index contributed by atoms with van der Waals surface area (Å²) in [5, 5.41) is 0. The minimum Gasteiger partial charge on any atom is -0.481 e. The zero-order chi connectivity index (χ0) is 23.5. The SMILES string of the molecule is CC(Oc1ccc(C(C)C)cc1)C(=O)N1CCN(C(=O)c2ccc(C(F)(F)F)cc2)CC1. The van der Waals surface area contributed by atoms with E-state index in [4.69, 9.17) is 4.74 Å². The smallest absolute Gasteiger partial charge is 0.416 e. The molecule has 1 aliphatic heterocycles. The number of hydrogen-bond acceptors (Lipinski definition) is 3. The Morgan fingerprint density at radius 3 is 1.88 bits per heavy atom. The number of amides is 2. The highest BCUT2D eigenvalue weighted by Crippen LogP contribution is 2.29. The molecule has 0 radical (unpaired) electrons. The molecule has 0 bridgehead atoms. The molecule has 0 N–H and O–H groups in total. The van der Waals surface area contributed by atoms with Gasteiger partial charge in [-0.3, -0.25) is 9.59 Å². The third kappa shape index (κ3) is 5.60. The standard InChI is InChI=1S/C24H27F3N2O3/c1-16(2)18-6-10-21(11-7-18)32-17(3)22(30)28-12-14-29(15-13-28)23(31)19-4-8-20(9-5-19)24(25,26)27/h4-11,16-17H,12-15H2,1-3H3. The molecule has 0 aromatic heterocycles. The van der Waals surface area contributed by atoms with Crippen LogP contribution in [0.1, 0.15) is 48.2 Å². The van der Waals surface area contributed by atoms with Crippen molar-refractivity contribution in [1.29, 1.82) is 0 Å². The molecule has 172 valence electrons. The first-order valence-electron chi connectivity index (χ1n) is 10.6. The van der Waals surface area contributed by atoms with Crippen LogP contribution in [0.3, 0.4) is 0 Å².